The van der Waals surface area contributed by atoms with Crippen molar-refractivity contribution in [3.8, 4) is 11.8 Å². The maximum Gasteiger partial charge on any atom is 0.0245 e. The van der Waals surface area contributed by atoms with Gasteiger partial charge in [-0.3, -0.25) is 0 Å². The SMILES string of the molecule is CC#CCC(NCC)C(C)CC. The van der Waals surface area contributed by atoms with Crippen molar-refractivity contribution in [2.24, 2.45) is 5.92 Å². The summed E-state index contributed by atoms with van der Waals surface area (Å²) in [5.41, 5.74) is 0. The summed E-state index contributed by atoms with van der Waals surface area (Å²) in [6.45, 7) is 9.60. The smallest absolute Gasteiger partial charge is 0.0245 e. The van der Waals surface area contributed by atoms with Crippen LogP contribution in [0.4, 0.5) is 0 Å². The van der Waals surface area contributed by atoms with E-state index in [2.05, 4.69) is 37.9 Å². The van der Waals surface area contributed by atoms with Gasteiger partial charge in [0.2, 0.25) is 0 Å². The Kier molecular flexibility index (Phi) is 6.90. The molecule has 1 nitrogen and oxygen atoms in total. The first-order valence-corrected chi connectivity index (χ1v) is 4.89. The minimum atomic E-state index is 0.576. The van der Waals surface area contributed by atoms with Crippen LogP contribution in [-0.2, 0) is 0 Å². The molecule has 0 aliphatic carbocycles. The summed E-state index contributed by atoms with van der Waals surface area (Å²) < 4.78 is 0. The standard InChI is InChI=1S/C11H21N/c1-5-8-9-11(12-7-3)10(4)6-2/h10-12H,6-7,9H2,1-4H3. The van der Waals surface area contributed by atoms with Gasteiger partial charge >= 0.3 is 0 Å². The van der Waals surface area contributed by atoms with Crippen LogP contribution in [-0.4, -0.2) is 12.6 Å². The average molecular weight is 167 g/mol. The Morgan fingerprint density at radius 2 is 2.00 bits per heavy atom. The first kappa shape index (κ1) is 11.5. The summed E-state index contributed by atoms with van der Waals surface area (Å²) in [6.07, 6.45) is 2.21. The van der Waals surface area contributed by atoms with Crippen molar-refractivity contribution in [2.75, 3.05) is 6.54 Å². The molecule has 0 heterocycles. The van der Waals surface area contributed by atoms with E-state index in [1.165, 1.54) is 6.42 Å². The van der Waals surface area contributed by atoms with Crippen LogP contribution in [0.15, 0.2) is 0 Å². The second kappa shape index (κ2) is 7.18. The van der Waals surface area contributed by atoms with E-state index in [9.17, 15) is 0 Å². The first-order valence-electron chi connectivity index (χ1n) is 4.89. The maximum absolute atomic E-state index is 3.47. The van der Waals surface area contributed by atoms with Gasteiger partial charge < -0.3 is 5.32 Å². The molecule has 12 heavy (non-hydrogen) atoms. The quantitative estimate of drug-likeness (QED) is 0.620. The molecule has 0 aliphatic heterocycles. The topological polar surface area (TPSA) is 12.0 Å². The van der Waals surface area contributed by atoms with Crippen LogP contribution >= 0.6 is 0 Å². The molecule has 0 aromatic heterocycles. The van der Waals surface area contributed by atoms with Crippen LogP contribution in [0.3, 0.4) is 0 Å². The van der Waals surface area contributed by atoms with Crippen LogP contribution in [0.25, 0.3) is 0 Å². The number of hydrogen-bond donors (Lipinski definition) is 1. The fraction of sp³-hybridized carbons (Fsp3) is 0.818. The highest BCUT2D eigenvalue weighted by Crippen LogP contribution is 2.09. The molecule has 0 amide bonds. The molecule has 0 saturated carbocycles. The molecule has 0 spiro atoms. The zero-order chi connectivity index (χ0) is 9.40. The van der Waals surface area contributed by atoms with Crippen LogP contribution in [0.2, 0.25) is 0 Å². The summed E-state index contributed by atoms with van der Waals surface area (Å²) in [7, 11) is 0. The van der Waals surface area contributed by atoms with Gasteiger partial charge in [-0.2, -0.15) is 0 Å². The van der Waals surface area contributed by atoms with Crippen LogP contribution in [0.5, 0.6) is 0 Å². The first-order chi connectivity index (χ1) is 5.76. The van der Waals surface area contributed by atoms with E-state index in [0.29, 0.717) is 6.04 Å². The number of rotatable bonds is 5. The van der Waals surface area contributed by atoms with Gasteiger partial charge in [0.1, 0.15) is 0 Å². The van der Waals surface area contributed by atoms with Gasteiger partial charge in [0, 0.05) is 12.5 Å². The van der Waals surface area contributed by atoms with E-state index < -0.39 is 0 Å². The molecule has 2 unspecified atom stereocenters. The molecule has 0 aromatic carbocycles. The third kappa shape index (κ3) is 4.41. The van der Waals surface area contributed by atoms with Crippen molar-refractivity contribution in [1.29, 1.82) is 0 Å². The van der Waals surface area contributed by atoms with Gasteiger partial charge in [-0.25, -0.2) is 0 Å². The Bertz CT molecular complexity index is 152. The van der Waals surface area contributed by atoms with Gasteiger partial charge in [0.15, 0.2) is 0 Å². The lowest BCUT2D eigenvalue weighted by Gasteiger charge is -2.21. The van der Waals surface area contributed by atoms with Gasteiger partial charge in [0.25, 0.3) is 0 Å². The fourth-order valence-corrected chi connectivity index (χ4v) is 1.23. The summed E-state index contributed by atoms with van der Waals surface area (Å²) >= 11 is 0. The van der Waals surface area contributed by atoms with Crippen molar-refractivity contribution in [2.45, 2.75) is 46.6 Å². The van der Waals surface area contributed by atoms with Crippen LogP contribution < -0.4 is 5.32 Å². The summed E-state index contributed by atoms with van der Waals surface area (Å²) in [4.78, 5) is 0. The lowest BCUT2D eigenvalue weighted by Crippen LogP contribution is -2.34. The molecule has 1 N–H and O–H groups in total. The molecule has 0 saturated heterocycles. The Morgan fingerprint density at radius 1 is 1.33 bits per heavy atom. The molecule has 0 fully saturated rings. The Balaban J connectivity index is 3.90. The zero-order valence-corrected chi connectivity index (χ0v) is 8.78. The van der Waals surface area contributed by atoms with E-state index in [1.54, 1.807) is 0 Å². The minimum absolute atomic E-state index is 0.576. The molecular formula is C11H21N. The second-order valence-corrected chi connectivity index (χ2v) is 3.18. The van der Waals surface area contributed by atoms with E-state index >= 15 is 0 Å². The molecule has 0 aromatic rings. The van der Waals surface area contributed by atoms with Crippen molar-refractivity contribution < 1.29 is 0 Å². The van der Waals surface area contributed by atoms with E-state index in [-0.39, 0.29) is 0 Å². The minimum Gasteiger partial charge on any atom is -0.313 e. The van der Waals surface area contributed by atoms with Crippen LogP contribution in [0.1, 0.15) is 40.5 Å². The fourth-order valence-electron chi connectivity index (χ4n) is 1.23. The van der Waals surface area contributed by atoms with Gasteiger partial charge in [0.05, 0.1) is 0 Å². The Morgan fingerprint density at radius 3 is 2.42 bits per heavy atom. The molecule has 70 valence electrons. The normalized spacial score (nSPS) is 14.7. The Labute approximate surface area is 76.9 Å². The van der Waals surface area contributed by atoms with Gasteiger partial charge in [-0.1, -0.05) is 27.2 Å². The van der Waals surface area contributed by atoms with E-state index in [1.807, 2.05) is 6.92 Å². The summed E-state index contributed by atoms with van der Waals surface area (Å²) in [5, 5.41) is 3.47. The zero-order valence-electron chi connectivity index (χ0n) is 8.78. The third-order valence-electron chi connectivity index (χ3n) is 2.30. The highest BCUT2D eigenvalue weighted by Gasteiger charge is 2.12. The Hall–Kier alpha value is -0.480. The molecule has 0 bridgehead atoms. The van der Waals surface area contributed by atoms with Crippen molar-refractivity contribution >= 4 is 0 Å². The maximum atomic E-state index is 3.47. The largest absolute Gasteiger partial charge is 0.313 e. The van der Waals surface area contributed by atoms with Gasteiger partial charge in [-0.05, 0) is 19.4 Å². The molecule has 0 radical (unpaired) electrons. The number of hydrogen-bond acceptors (Lipinski definition) is 1. The third-order valence-corrected chi connectivity index (χ3v) is 2.30. The molecule has 0 rings (SSSR count). The molecular weight excluding hydrogens is 146 g/mol. The second-order valence-electron chi connectivity index (χ2n) is 3.18. The predicted octanol–water partition coefficient (Wildman–Crippen LogP) is 2.42. The predicted molar refractivity (Wildman–Crippen MR) is 55.0 cm³/mol. The lowest BCUT2D eigenvalue weighted by molar-refractivity contribution is 0.379. The number of nitrogens with one attached hydrogen (secondary N) is 1. The highest BCUT2D eigenvalue weighted by atomic mass is 14.9. The highest BCUT2D eigenvalue weighted by molar-refractivity contribution is 4.98. The van der Waals surface area contributed by atoms with Crippen molar-refractivity contribution in [3.05, 3.63) is 0 Å². The van der Waals surface area contributed by atoms with Crippen LogP contribution in [0, 0.1) is 17.8 Å². The van der Waals surface area contributed by atoms with Crippen molar-refractivity contribution in [3.63, 3.8) is 0 Å². The summed E-state index contributed by atoms with van der Waals surface area (Å²) in [5.74, 6) is 6.81. The lowest BCUT2D eigenvalue weighted by atomic mass is 9.96. The van der Waals surface area contributed by atoms with E-state index in [0.717, 1.165) is 18.9 Å². The van der Waals surface area contributed by atoms with E-state index in [4.69, 9.17) is 0 Å². The molecule has 1 heteroatoms. The van der Waals surface area contributed by atoms with Crippen molar-refractivity contribution in [1.82, 2.24) is 5.32 Å². The average Bonchev–Trinajstić information content (AvgIpc) is 2.11. The molecule has 2 atom stereocenters. The molecule has 0 aliphatic rings. The monoisotopic (exact) mass is 167 g/mol. The van der Waals surface area contributed by atoms with Gasteiger partial charge in [-0.15, -0.1) is 11.8 Å². The summed E-state index contributed by atoms with van der Waals surface area (Å²) in [6, 6.07) is 0.576.